The molecule has 0 bridgehead atoms. The maximum Gasteiger partial charge on any atom is 0.331 e. The molecule has 4 amide bonds. The van der Waals surface area contributed by atoms with Gasteiger partial charge in [-0.05, 0) is 89.5 Å². The molecule has 3 heterocycles. The molecule has 1 saturated carbocycles. The van der Waals surface area contributed by atoms with E-state index in [0.717, 1.165) is 52.9 Å². The Bertz CT molecular complexity index is 1710. The summed E-state index contributed by atoms with van der Waals surface area (Å²) in [6, 6.07) is 18.3. The van der Waals surface area contributed by atoms with Gasteiger partial charge < -0.3 is 20.9 Å². The first-order chi connectivity index (χ1) is 21.6. The highest BCUT2D eigenvalue weighted by atomic mass is 16.2. The van der Waals surface area contributed by atoms with Crippen LogP contribution in [0.2, 0.25) is 0 Å². The molecule has 0 spiro atoms. The number of carbonyl (C=O) groups is 3. The maximum atomic E-state index is 13.5. The lowest BCUT2D eigenvalue weighted by molar-refractivity contribution is -0.132. The van der Waals surface area contributed by atoms with E-state index in [1.54, 1.807) is 29.2 Å². The van der Waals surface area contributed by atoms with Gasteiger partial charge in [-0.25, -0.2) is 19.2 Å². The molecule has 2 fully saturated rings. The smallest absolute Gasteiger partial charge is 0.331 e. The zero-order valence-corrected chi connectivity index (χ0v) is 26.2. The van der Waals surface area contributed by atoms with Gasteiger partial charge in [0.15, 0.2) is 5.82 Å². The number of para-hydroxylation sites is 1. The molecule has 234 valence electrons. The number of benzene rings is 2. The summed E-state index contributed by atoms with van der Waals surface area (Å²) in [5, 5.41) is 7.48. The number of nitrogen functional groups attached to an aromatic ring is 1. The topological polar surface area (TPSA) is 129 Å². The van der Waals surface area contributed by atoms with Crippen molar-refractivity contribution in [2.24, 2.45) is 5.92 Å². The van der Waals surface area contributed by atoms with Crippen molar-refractivity contribution in [2.75, 3.05) is 36.6 Å². The number of fused-ring (bicyclic) bond motifs is 1. The predicted octanol–water partition coefficient (Wildman–Crippen LogP) is 5.00. The minimum atomic E-state index is -1.05. The van der Waals surface area contributed by atoms with E-state index in [0.29, 0.717) is 29.2 Å². The number of hydrogen-bond donors (Lipinski definition) is 2. The van der Waals surface area contributed by atoms with Gasteiger partial charge in [0, 0.05) is 41.5 Å². The van der Waals surface area contributed by atoms with Gasteiger partial charge in [-0.3, -0.25) is 9.59 Å². The van der Waals surface area contributed by atoms with Crippen LogP contribution in [0.25, 0.3) is 16.6 Å². The summed E-state index contributed by atoms with van der Waals surface area (Å²) >= 11 is 0. The fourth-order valence-electron chi connectivity index (χ4n) is 6.63. The van der Waals surface area contributed by atoms with Crippen molar-refractivity contribution >= 4 is 40.6 Å². The highest BCUT2D eigenvalue weighted by Gasteiger charge is 2.44. The number of hydrogen-bond acceptors (Lipinski definition) is 7. The zero-order chi connectivity index (χ0) is 31.8. The third kappa shape index (κ3) is 5.75. The van der Waals surface area contributed by atoms with E-state index in [2.05, 4.69) is 40.5 Å². The van der Waals surface area contributed by atoms with Crippen molar-refractivity contribution in [3.63, 3.8) is 0 Å². The standard InChI is InChI=1S/C34H40N8O3/c1-21(2)40-19-28(33(44)41(34(40)45)26-8-6-5-7-9-26)32(43)38-24-14-10-22(11-15-24)27-18-29(42-30(27)31(35)36-20-37-42)23-12-16-25(17-13-23)39(3)4/h5-11,14-15,18,20-21,23,25,28H,12-13,16-17,19H2,1-4H3,(H,38,43)(H2,35,36,37). The Morgan fingerprint density at radius 1 is 1.00 bits per heavy atom. The van der Waals surface area contributed by atoms with Crippen LogP contribution in [0.15, 0.2) is 67.0 Å². The van der Waals surface area contributed by atoms with Crippen LogP contribution < -0.4 is 16.0 Å². The molecule has 11 nitrogen and oxygen atoms in total. The number of amides is 4. The first kappa shape index (κ1) is 30.3. The normalized spacial score (nSPS) is 20.8. The first-order valence-corrected chi connectivity index (χ1v) is 15.5. The van der Waals surface area contributed by atoms with Crippen LogP contribution in [0.4, 0.5) is 22.0 Å². The summed E-state index contributed by atoms with van der Waals surface area (Å²) in [6.45, 7) is 3.75. The minimum absolute atomic E-state index is 0.0117. The molecule has 2 aromatic heterocycles. The van der Waals surface area contributed by atoms with Crippen LogP contribution in [0.1, 0.15) is 51.1 Å². The molecule has 4 aromatic rings. The van der Waals surface area contributed by atoms with E-state index >= 15 is 0 Å². The molecule has 1 aliphatic heterocycles. The lowest BCUT2D eigenvalue weighted by Gasteiger charge is -2.39. The minimum Gasteiger partial charge on any atom is -0.382 e. The number of anilines is 3. The molecule has 1 aliphatic carbocycles. The summed E-state index contributed by atoms with van der Waals surface area (Å²) in [5.74, 6) is -1.28. The van der Waals surface area contributed by atoms with E-state index in [4.69, 9.17) is 5.73 Å². The van der Waals surface area contributed by atoms with E-state index < -0.39 is 23.8 Å². The van der Waals surface area contributed by atoms with Gasteiger partial charge in [0.1, 0.15) is 17.8 Å². The molecular formula is C34H40N8O3. The van der Waals surface area contributed by atoms with Crippen LogP contribution in [0, 0.1) is 5.92 Å². The van der Waals surface area contributed by atoms with Gasteiger partial charge in [0.05, 0.1) is 5.69 Å². The summed E-state index contributed by atoms with van der Waals surface area (Å²) < 4.78 is 1.93. The van der Waals surface area contributed by atoms with Crippen LogP contribution in [-0.2, 0) is 9.59 Å². The number of imide groups is 1. The molecule has 2 aliphatic rings. The number of nitrogens with zero attached hydrogens (tertiary/aromatic N) is 6. The fourth-order valence-corrected chi connectivity index (χ4v) is 6.63. The number of carbonyl (C=O) groups excluding carboxylic acids is 3. The fraction of sp³-hybridized carbons (Fsp3) is 0.382. The second-order valence-electron chi connectivity index (χ2n) is 12.5. The Morgan fingerprint density at radius 3 is 2.33 bits per heavy atom. The van der Waals surface area contributed by atoms with Crippen molar-refractivity contribution in [1.82, 2.24) is 24.4 Å². The first-order valence-electron chi connectivity index (χ1n) is 15.5. The second-order valence-corrected chi connectivity index (χ2v) is 12.5. The molecule has 11 heteroatoms. The number of aromatic nitrogens is 3. The lowest BCUT2D eigenvalue weighted by Crippen LogP contribution is -2.61. The quantitative estimate of drug-likeness (QED) is 0.283. The van der Waals surface area contributed by atoms with E-state index in [1.807, 2.05) is 48.7 Å². The highest BCUT2D eigenvalue weighted by Crippen LogP contribution is 2.39. The molecule has 1 unspecified atom stereocenters. The van der Waals surface area contributed by atoms with Crippen molar-refractivity contribution in [1.29, 1.82) is 0 Å². The Hall–Kier alpha value is -4.77. The van der Waals surface area contributed by atoms with Crippen molar-refractivity contribution < 1.29 is 14.4 Å². The summed E-state index contributed by atoms with van der Waals surface area (Å²) in [7, 11) is 4.28. The lowest BCUT2D eigenvalue weighted by atomic mass is 9.83. The molecule has 6 rings (SSSR count). The van der Waals surface area contributed by atoms with Gasteiger partial charge in [0.2, 0.25) is 11.8 Å². The average molecular weight is 609 g/mol. The molecule has 3 N–H and O–H groups in total. The number of urea groups is 1. The van der Waals surface area contributed by atoms with Gasteiger partial charge in [-0.15, -0.1) is 0 Å². The molecular weight excluding hydrogens is 568 g/mol. The van der Waals surface area contributed by atoms with Crippen molar-refractivity contribution in [3.05, 3.63) is 72.7 Å². The highest BCUT2D eigenvalue weighted by molar-refractivity contribution is 6.23. The van der Waals surface area contributed by atoms with Crippen LogP contribution in [0.5, 0.6) is 0 Å². The monoisotopic (exact) mass is 608 g/mol. The Labute approximate surface area is 263 Å². The Morgan fingerprint density at radius 2 is 1.69 bits per heavy atom. The number of nitrogens with one attached hydrogen (secondary N) is 1. The Balaban J connectivity index is 1.24. The summed E-state index contributed by atoms with van der Waals surface area (Å²) in [6.07, 6.45) is 5.91. The third-order valence-electron chi connectivity index (χ3n) is 9.21. The van der Waals surface area contributed by atoms with Gasteiger partial charge >= 0.3 is 6.03 Å². The van der Waals surface area contributed by atoms with Crippen molar-refractivity contribution in [3.8, 4) is 11.1 Å². The SMILES string of the molecule is CC(C)N1CC(C(=O)Nc2ccc(-c3cc(C4CCC(N(C)C)CC4)n4ncnc(N)c34)cc2)C(=O)N(c2ccccc2)C1=O. The number of nitrogens with two attached hydrogens (primary N) is 1. The summed E-state index contributed by atoms with van der Waals surface area (Å²) in [5.41, 5.74) is 11.1. The Kier molecular flexibility index (Phi) is 8.28. The zero-order valence-electron chi connectivity index (χ0n) is 26.2. The molecule has 45 heavy (non-hydrogen) atoms. The maximum absolute atomic E-state index is 13.5. The van der Waals surface area contributed by atoms with Crippen LogP contribution in [-0.4, -0.2) is 75.0 Å². The third-order valence-corrected chi connectivity index (χ3v) is 9.21. The van der Waals surface area contributed by atoms with Crippen molar-refractivity contribution in [2.45, 2.75) is 57.5 Å². The molecule has 1 atom stereocenters. The second kappa shape index (κ2) is 12.3. The van der Waals surface area contributed by atoms with E-state index in [9.17, 15) is 14.4 Å². The number of rotatable bonds is 7. The van der Waals surface area contributed by atoms with E-state index in [1.165, 1.54) is 6.33 Å². The van der Waals surface area contributed by atoms with Gasteiger partial charge in [-0.1, -0.05) is 30.3 Å². The van der Waals surface area contributed by atoms with Crippen LogP contribution in [0.3, 0.4) is 0 Å². The van der Waals surface area contributed by atoms with Crippen LogP contribution >= 0.6 is 0 Å². The molecule has 0 radical (unpaired) electrons. The van der Waals surface area contributed by atoms with Gasteiger partial charge in [0.25, 0.3) is 0 Å². The average Bonchev–Trinajstić information content (AvgIpc) is 3.43. The predicted molar refractivity (Wildman–Crippen MR) is 175 cm³/mol. The van der Waals surface area contributed by atoms with E-state index in [-0.39, 0.29) is 12.6 Å². The largest absolute Gasteiger partial charge is 0.382 e. The van der Waals surface area contributed by atoms with Gasteiger partial charge in [-0.2, -0.15) is 5.10 Å². The molecule has 2 aromatic carbocycles. The summed E-state index contributed by atoms with van der Waals surface area (Å²) in [4.78, 5) is 49.5. The molecule has 1 saturated heterocycles.